The van der Waals surface area contributed by atoms with Gasteiger partial charge < -0.3 is 20.5 Å². The van der Waals surface area contributed by atoms with E-state index in [4.69, 9.17) is 15.2 Å². The molecule has 1 aromatic heterocycles. The fourth-order valence-corrected chi connectivity index (χ4v) is 2.89. The number of aromatic nitrogens is 1. The Morgan fingerprint density at radius 3 is 2.70 bits per heavy atom. The molecule has 1 unspecified atom stereocenters. The van der Waals surface area contributed by atoms with Crippen LogP contribution in [-0.4, -0.2) is 37.3 Å². The highest BCUT2D eigenvalue weighted by Crippen LogP contribution is 2.31. The summed E-state index contributed by atoms with van der Waals surface area (Å²) in [6, 6.07) is 7.01. The minimum Gasteiger partial charge on any atom is -0.494 e. The van der Waals surface area contributed by atoms with E-state index in [-0.39, 0.29) is 12.5 Å². The molecule has 0 fully saturated rings. The van der Waals surface area contributed by atoms with Crippen LogP contribution in [0.3, 0.4) is 0 Å². The fraction of sp³-hybridized carbons (Fsp3) is 0.375. The third-order valence-corrected chi connectivity index (χ3v) is 4.03. The predicted molar refractivity (Wildman–Crippen MR) is 91.9 cm³/mol. The number of hydrogen-bond donors (Lipinski definition) is 2. The molecule has 0 spiro atoms. The summed E-state index contributed by atoms with van der Waals surface area (Å²) in [6.45, 7) is 4.71. The number of nitrogens with one attached hydrogen (secondary N) is 1. The van der Waals surface area contributed by atoms with Crippen molar-refractivity contribution in [3.63, 3.8) is 0 Å². The van der Waals surface area contributed by atoms with Gasteiger partial charge in [0.1, 0.15) is 11.8 Å². The number of thiazole rings is 1. The summed E-state index contributed by atoms with van der Waals surface area (Å²) in [5, 5.41) is 3.26. The minimum atomic E-state index is -0.710. The van der Waals surface area contributed by atoms with Gasteiger partial charge >= 0.3 is 0 Å². The number of nitrogens with zero attached hydrogens (tertiary/aromatic N) is 1. The van der Waals surface area contributed by atoms with Crippen molar-refractivity contribution in [1.29, 1.82) is 0 Å². The van der Waals surface area contributed by atoms with Gasteiger partial charge in [0.05, 0.1) is 18.9 Å². The number of methoxy groups -OCH3 is 1. The average Bonchev–Trinajstić information content (AvgIpc) is 2.89. The van der Waals surface area contributed by atoms with E-state index < -0.39 is 6.04 Å². The summed E-state index contributed by atoms with van der Waals surface area (Å²) in [7, 11) is 1.50. The molecule has 1 heterocycles. The van der Waals surface area contributed by atoms with Gasteiger partial charge in [-0.2, -0.15) is 0 Å². The first kappa shape index (κ1) is 17.4. The maximum absolute atomic E-state index is 11.9. The number of aryl methyl sites for hydroxylation is 1. The molecule has 0 aliphatic heterocycles. The summed E-state index contributed by atoms with van der Waals surface area (Å²) in [5.41, 5.74) is 7.52. The van der Waals surface area contributed by atoms with Gasteiger partial charge in [-0.05, 0) is 38.1 Å². The number of ether oxygens (including phenoxy) is 2. The second-order valence-electron chi connectivity index (χ2n) is 4.93. The second-order valence-corrected chi connectivity index (χ2v) is 6.14. The monoisotopic (exact) mass is 335 g/mol. The molecule has 3 N–H and O–H groups in total. The van der Waals surface area contributed by atoms with Gasteiger partial charge in [-0.15, -0.1) is 11.3 Å². The maximum atomic E-state index is 11.9. The van der Waals surface area contributed by atoms with E-state index in [1.807, 2.05) is 38.1 Å². The van der Waals surface area contributed by atoms with Gasteiger partial charge in [-0.1, -0.05) is 0 Å². The molecule has 0 radical (unpaired) electrons. The molecule has 124 valence electrons. The summed E-state index contributed by atoms with van der Waals surface area (Å²) < 4.78 is 10.3. The molecule has 1 aromatic carbocycles. The molecule has 0 bridgehead atoms. The maximum Gasteiger partial charge on any atom is 0.245 e. The zero-order valence-corrected chi connectivity index (χ0v) is 14.3. The van der Waals surface area contributed by atoms with Crippen molar-refractivity contribution < 1.29 is 14.3 Å². The average molecular weight is 335 g/mol. The Morgan fingerprint density at radius 1 is 1.39 bits per heavy atom. The van der Waals surface area contributed by atoms with Crippen LogP contribution >= 0.6 is 11.3 Å². The fourth-order valence-electron chi connectivity index (χ4n) is 2.05. The van der Waals surface area contributed by atoms with Crippen LogP contribution in [0.1, 0.15) is 11.8 Å². The molecule has 1 atom stereocenters. The number of nitrogens with two attached hydrogens (primary N) is 1. The Hall–Kier alpha value is -1.96. The van der Waals surface area contributed by atoms with E-state index >= 15 is 0 Å². The molecule has 0 aliphatic rings. The zero-order valence-electron chi connectivity index (χ0n) is 13.5. The van der Waals surface area contributed by atoms with Crippen LogP contribution in [0.4, 0.5) is 5.13 Å². The van der Waals surface area contributed by atoms with Gasteiger partial charge in [0, 0.05) is 17.6 Å². The van der Waals surface area contributed by atoms with Gasteiger partial charge in [-0.25, -0.2) is 4.98 Å². The van der Waals surface area contributed by atoms with Gasteiger partial charge in [-0.3, -0.25) is 4.79 Å². The Balaban J connectivity index is 2.13. The normalized spacial score (nSPS) is 12.0. The topological polar surface area (TPSA) is 86.5 Å². The van der Waals surface area contributed by atoms with Crippen LogP contribution in [0.15, 0.2) is 24.3 Å². The highest BCUT2D eigenvalue weighted by atomic mass is 32.1. The number of anilines is 1. The molecule has 0 saturated carbocycles. The molecular weight excluding hydrogens is 314 g/mol. The number of rotatable bonds is 7. The quantitative estimate of drug-likeness (QED) is 0.811. The van der Waals surface area contributed by atoms with Crippen LogP contribution < -0.4 is 15.8 Å². The summed E-state index contributed by atoms with van der Waals surface area (Å²) in [6.07, 6.45) is 0. The van der Waals surface area contributed by atoms with Crippen molar-refractivity contribution in [3.05, 3.63) is 29.1 Å². The number of benzene rings is 1. The number of hydrogen-bond acceptors (Lipinski definition) is 6. The number of carbonyl (C=O) groups excluding carboxylic acids is 1. The van der Waals surface area contributed by atoms with Crippen molar-refractivity contribution >= 4 is 22.4 Å². The SMILES string of the molecule is CCOc1ccc(-c2nc(NC(=O)C(N)COC)sc2C)cc1. The summed E-state index contributed by atoms with van der Waals surface area (Å²) in [4.78, 5) is 17.4. The lowest BCUT2D eigenvalue weighted by molar-refractivity contribution is -0.118. The lowest BCUT2D eigenvalue weighted by Gasteiger charge is -2.08. The first-order valence-electron chi connectivity index (χ1n) is 7.31. The second kappa shape index (κ2) is 8.05. The highest BCUT2D eigenvalue weighted by molar-refractivity contribution is 7.16. The third-order valence-electron chi connectivity index (χ3n) is 3.15. The Labute approximate surface area is 139 Å². The first-order valence-corrected chi connectivity index (χ1v) is 8.12. The van der Waals surface area contributed by atoms with Crippen LogP contribution in [0.5, 0.6) is 5.75 Å². The highest BCUT2D eigenvalue weighted by Gasteiger charge is 2.16. The van der Waals surface area contributed by atoms with Crippen molar-refractivity contribution in [1.82, 2.24) is 4.98 Å². The Bertz CT molecular complexity index is 655. The van der Waals surface area contributed by atoms with Crippen LogP contribution in [0.25, 0.3) is 11.3 Å². The number of amides is 1. The van der Waals surface area contributed by atoms with Crippen molar-refractivity contribution in [2.45, 2.75) is 19.9 Å². The van der Waals surface area contributed by atoms with Gasteiger partial charge in [0.15, 0.2) is 5.13 Å². The van der Waals surface area contributed by atoms with E-state index in [0.29, 0.717) is 11.7 Å². The van der Waals surface area contributed by atoms with E-state index in [1.165, 1.54) is 18.4 Å². The molecule has 2 aromatic rings. The molecular formula is C16H21N3O3S. The van der Waals surface area contributed by atoms with Crippen molar-refractivity contribution in [3.8, 4) is 17.0 Å². The third kappa shape index (κ3) is 4.51. The lowest BCUT2D eigenvalue weighted by Crippen LogP contribution is -2.39. The van der Waals surface area contributed by atoms with Crippen LogP contribution in [0.2, 0.25) is 0 Å². The lowest BCUT2D eigenvalue weighted by atomic mass is 10.1. The smallest absolute Gasteiger partial charge is 0.245 e. The van der Waals surface area contributed by atoms with E-state index in [2.05, 4.69) is 10.3 Å². The van der Waals surface area contributed by atoms with Crippen molar-refractivity contribution in [2.75, 3.05) is 25.6 Å². The zero-order chi connectivity index (χ0) is 16.8. The van der Waals surface area contributed by atoms with Gasteiger partial charge in [0.25, 0.3) is 0 Å². The molecule has 0 aliphatic carbocycles. The van der Waals surface area contributed by atoms with Crippen LogP contribution in [-0.2, 0) is 9.53 Å². The molecule has 23 heavy (non-hydrogen) atoms. The minimum absolute atomic E-state index is 0.169. The standard InChI is InChI=1S/C16H21N3O3S/c1-4-22-12-7-5-11(6-8-12)14-10(2)23-16(18-14)19-15(20)13(17)9-21-3/h5-8,13H,4,9,17H2,1-3H3,(H,18,19,20). The van der Waals surface area contributed by atoms with E-state index in [0.717, 1.165) is 21.9 Å². The predicted octanol–water partition coefficient (Wildman–Crippen LogP) is 2.43. The molecule has 0 saturated heterocycles. The van der Waals surface area contributed by atoms with E-state index in [9.17, 15) is 4.79 Å². The summed E-state index contributed by atoms with van der Waals surface area (Å²) >= 11 is 1.42. The molecule has 7 heteroatoms. The van der Waals surface area contributed by atoms with Crippen LogP contribution in [0, 0.1) is 6.92 Å². The van der Waals surface area contributed by atoms with E-state index in [1.54, 1.807) is 0 Å². The molecule has 2 rings (SSSR count). The Kier molecular flexibility index (Phi) is 6.09. The first-order chi connectivity index (χ1) is 11.0. The largest absolute Gasteiger partial charge is 0.494 e. The summed E-state index contributed by atoms with van der Waals surface area (Å²) in [5.74, 6) is 0.516. The van der Waals surface area contributed by atoms with Gasteiger partial charge in [0.2, 0.25) is 5.91 Å². The molecule has 6 nitrogen and oxygen atoms in total. The van der Waals surface area contributed by atoms with Crippen molar-refractivity contribution in [2.24, 2.45) is 5.73 Å². The molecule has 1 amide bonds. The number of carbonyl (C=O) groups is 1. The Morgan fingerprint density at radius 2 is 2.09 bits per heavy atom.